The Morgan fingerprint density at radius 2 is 1.89 bits per heavy atom. The van der Waals surface area contributed by atoms with Gasteiger partial charge in [-0.3, -0.25) is 0 Å². The first-order valence-electron chi connectivity index (χ1n) is 8.11. The zero-order valence-corrected chi connectivity index (χ0v) is 15.2. The van der Waals surface area contributed by atoms with Gasteiger partial charge in [-0.15, -0.1) is 11.3 Å². The van der Waals surface area contributed by atoms with E-state index in [1.54, 1.807) is 17.5 Å². The molecule has 4 rings (SSSR count). The van der Waals surface area contributed by atoms with Crippen molar-refractivity contribution in [2.45, 2.75) is 13.1 Å². The van der Waals surface area contributed by atoms with E-state index in [9.17, 15) is 18.0 Å². The molecule has 0 amide bonds. The minimum atomic E-state index is -4.57. The second-order valence-corrected chi connectivity index (χ2v) is 7.03. The molecule has 142 valence electrons. The average molecular weight is 403 g/mol. The van der Waals surface area contributed by atoms with Crippen molar-refractivity contribution in [2.75, 3.05) is 0 Å². The molecule has 0 saturated carbocycles. The fraction of sp³-hybridized carbons (Fsp3) is 0.105. The SMILES string of the molecule is Cc1nn(-c2ccc(C(=O)O)cc2)c2nc(-c3cccs3)cc(C(F)(F)F)c12. The van der Waals surface area contributed by atoms with Crippen molar-refractivity contribution >= 4 is 28.3 Å². The molecule has 0 atom stereocenters. The molecular weight excluding hydrogens is 391 g/mol. The number of hydrogen-bond donors (Lipinski definition) is 1. The Hall–Kier alpha value is -3.20. The second kappa shape index (κ2) is 6.45. The van der Waals surface area contributed by atoms with Crippen LogP contribution in [0.2, 0.25) is 0 Å². The number of alkyl halides is 3. The molecule has 4 aromatic rings. The molecule has 0 aliphatic heterocycles. The van der Waals surface area contributed by atoms with Crippen molar-refractivity contribution in [3.63, 3.8) is 0 Å². The highest BCUT2D eigenvalue weighted by Crippen LogP contribution is 2.39. The van der Waals surface area contributed by atoms with Crippen LogP contribution in [0.25, 0.3) is 27.3 Å². The fourth-order valence-electron chi connectivity index (χ4n) is 2.99. The lowest BCUT2D eigenvalue weighted by Gasteiger charge is -2.11. The van der Waals surface area contributed by atoms with Gasteiger partial charge in [-0.2, -0.15) is 18.3 Å². The number of carbonyl (C=O) groups is 1. The molecule has 0 fully saturated rings. The van der Waals surface area contributed by atoms with Crippen molar-refractivity contribution in [3.8, 4) is 16.3 Å². The van der Waals surface area contributed by atoms with Crippen LogP contribution in [-0.4, -0.2) is 25.8 Å². The maximum absolute atomic E-state index is 13.7. The van der Waals surface area contributed by atoms with Gasteiger partial charge in [0.25, 0.3) is 0 Å². The van der Waals surface area contributed by atoms with Gasteiger partial charge in [0, 0.05) is 0 Å². The molecule has 1 aromatic carbocycles. The number of aryl methyl sites for hydroxylation is 1. The first kappa shape index (κ1) is 18.2. The van der Waals surface area contributed by atoms with E-state index in [4.69, 9.17) is 5.11 Å². The first-order valence-corrected chi connectivity index (χ1v) is 8.99. The lowest BCUT2D eigenvalue weighted by molar-refractivity contribution is -0.136. The zero-order valence-electron chi connectivity index (χ0n) is 14.4. The number of benzene rings is 1. The molecule has 1 N–H and O–H groups in total. The molecule has 3 heterocycles. The maximum atomic E-state index is 13.7. The summed E-state index contributed by atoms with van der Waals surface area (Å²) in [6, 6.07) is 10.2. The number of rotatable bonds is 3. The number of aromatic carboxylic acids is 1. The molecule has 3 aromatic heterocycles. The summed E-state index contributed by atoms with van der Waals surface area (Å²) in [5.74, 6) is -1.09. The third kappa shape index (κ3) is 3.03. The highest BCUT2D eigenvalue weighted by Gasteiger charge is 2.36. The van der Waals surface area contributed by atoms with Crippen LogP contribution < -0.4 is 0 Å². The molecule has 0 radical (unpaired) electrons. The van der Waals surface area contributed by atoms with Crippen molar-refractivity contribution < 1.29 is 23.1 Å². The van der Waals surface area contributed by atoms with E-state index in [2.05, 4.69) is 10.1 Å². The summed E-state index contributed by atoms with van der Waals surface area (Å²) in [5.41, 5.74) is 0.158. The summed E-state index contributed by atoms with van der Waals surface area (Å²) in [6.07, 6.45) is -4.57. The Morgan fingerprint density at radius 1 is 1.18 bits per heavy atom. The Bertz CT molecular complexity index is 1180. The molecular formula is C19H12F3N3O2S. The van der Waals surface area contributed by atoms with Crippen LogP contribution in [-0.2, 0) is 6.18 Å². The van der Waals surface area contributed by atoms with Gasteiger partial charge < -0.3 is 5.11 Å². The Labute approximate surface area is 160 Å². The summed E-state index contributed by atoms with van der Waals surface area (Å²) in [4.78, 5) is 16.1. The number of thiophene rings is 1. The average Bonchev–Trinajstić information content (AvgIpc) is 3.29. The fourth-order valence-corrected chi connectivity index (χ4v) is 3.67. The highest BCUT2D eigenvalue weighted by atomic mass is 32.1. The quantitative estimate of drug-likeness (QED) is 0.512. The van der Waals surface area contributed by atoms with Gasteiger partial charge in [0.2, 0.25) is 0 Å². The third-order valence-corrected chi connectivity index (χ3v) is 5.14. The monoisotopic (exact) mass is 403 g/mol. The Morgan fingerprint density at radius 3 is 2.46 bits per heavy atom. The molecule has 0 bridgehead atoms. The van der Waals surface area contributed by atoms with E-state index < -0.39 is 17.7 Å². The van der Waals surface area contributed by atoms with Crippen LogP contribution in [0.4, 0.5) is 13.2 Å². The van der Waals surface area contributed by atoms with Crippen LogP contribution in [0.15, 0.2) is 47.8 Å². The second-order valence-electron chi connectivity index (χ2n) is 6.08. The van der Waals surface area contributed by atoms with E-state index in [0.717, 1.165) is 6.07 Å². The molecule has 0 unspecified atom stereocenters. The number of carboxylic acid groups (broad SMARTS) is 1. The molecule has 0 aliphatic carbocycles. The van der Waals surface area contributed by atoms with Gasteiger partial charge in [-0.05, 0) is 48.7 Å². The molecule has 28 heavy (non-hydrogen) atoms. The predicted molar refractivity (Wildman–Crippen MR) is 98.9 cm³/mol. The van der Waals surface area contributed by atoms with Crippen molar-refractivity contribution in [2.24, 2.45) is 0 Å². The molecule has 0 saturated heterocycles. The van der Waals surface area contributed by atoms with Gasteiger partial charge >= 0.3 is 12.1 Å². The number of nitrogens with zero attached hydrogens (tertiary/aromatic N) is 3. The minimum Gasteiger partial charge on any atom is -0.478 e. The van der Waals surface area contributed by atoms with Crippen molar-refractivity contribution in [3.05, 3.63) is 64.7 Å². The molecule has 0 aliphatic rings. The number of carboxylic acids is 1. The third-order valence-electron chi connectivity index (χ3n) is 4.25. The van der Waals surface area contributed by atoms with E-state index in [1.807, 2.05) is 0 Å². The predicted octanol–water partition coefficient (Wildman–Crippen LogP) is 5.17. The first-order chi connectivity index (χ1) is 13.3. The number of halogens is 3. The smallest absolute Gasteiger partial charge is 0.417 e. The number of aromatic nitrogens is 3. The highest BCUT2D eigenvalue weighted by molar-refractivity contribution is 7.13. The Kier molecular flexibility index (Phi) is 4.19. The minimum absolute atomic E-state index is 0.0683. The Balaban J connectivity index is 2.00. The normalized spacial score (nSPS) is 11.9. The van der Waals surface area contributed by atoms with Crippen molar-refractivity contribution in [1.82, 2.24) is 14.8 Å². The zero-order chi connectivity index (χ0) is 20.1. The summed E-state index contributed by atoms with van der Waals surface area (Å²) < 4.78 is 42.5. The molecule has 9 heteroatoms. The molecule has 5 nitrogen and oxygen atoms in total. The topological polar surface area (TPSA) is 68.0 Å². The summed E-state index contributed by atoms with van der Waals surface area (Å²) >= 11 is 1.29. The number of fused-ring (bicyclic) bond motifs is 1. The van der Waals surface area contributed by atoms with E-state index in [0.29, 0.717) is 10.6 Å². The van der Waals surface area contributed by atoms with E-state index >= 15 is 0 Å². The van der Waals surface area contributed by atoms with Crippen LogP contribution in [0.3, 0.4) is 0 Å². The number of hydrogen-bond acceptors (Lipinski definition) is 4. The van der Waals surface area contributed by atoms with Gasteiger partial charge in [0.15, 0.2) is 5.65 Å². The van der Waals surface area contributed by atoms with Crippen LogP contribution in [0.1, 0.15) is 21.6 Å². The largest absolute Gasteiger partial charge is 0.478 e. The van der Waals surface area contributed by atoms with Crippen LogP contribution in [0.5, 0.6) is 0 Å². The van der Waals surface area contributed by atoms with Crippen molar-refractivity contribution in [1.29, 1.82) is 0 Å². The van der Waals surface area contributed by atoms with Gasteiger partial charge in [-0.25, -0.2) is 14.5 Å². The standard InChI is InChI=1S/C19H12F3N3O2S/c1-10-16-13(19(20,21)22)9-14(15-3-2-8-28-15)23-17(16)25(24-10)12-6-4-11(5-7-12)18(26)27/h2-9H,1H3,(H,26,27). The van der Waals surface area contributed by atoms with Gasteiger partial charge in [0.05, 0.1) is 38.5 Å². The summed E-state index contributed by atoms with van der Waals surface area (Å²) in [6.45, 7) is 1.49. The molecule has 0 spiro atoms. The summed E-state index contributed by atoms with van der Waals surface area (Å²) in [7, 11) is 0. The lowest BCUT2D eigenvalue weighted by atomic mass is 10.1. The van der Waals surface area contributed by atoms with Gasteiger partial charge in [0.1, 0.15) is 0 Å². The van der Waals surface area contributed by atoms with Crippen LogP contribution in [0, 0.1) is 6.92 Å². The number of pyridine rings is 1. The van der Waals surface area contributed by atoms with Crippen LogP contribution >= 0.6 is 11.3 Å². The lowest BCUT2D eigenvalue weighted by Crippen LogP contribution is -2.08. The van der Waals surface area contributed by atoms with Gasteiger partial charge in [-0.1, -0.05) is 6.07 Å². The van der Waals surface area contributed by atoms with E-state index in [1.165, 1.54) is 47.2 Å². The maximum Gasteiger partial charge on any atom is 0.417 e. The van der Waals surface area contributed by atoms with E-state index in [-0.39, 0.29) is 28.0 Å². The summed E-state index contributed by atoms with van der Waals surface area (Å²) in [5, 5.41) is 15.0.